The third-order valence-electron chi connectivity index (χ3n) is 11.1. The zero-order valence-electron chi connectivity index (χ0n) is 40.2. The molecule has 362 valence electrons. The van der Waals surface area contributed by atoms with Gasteiger partial charge in [0.05, 0.1) is 58.9 Å². The van der Waals surface area contributed by atoms with Gasteiger partial charge in [0.2, 0.25) is 0 Å². The summed E-state index contributed by atoms with van der Waals surface area (Å²) in [5.74, 6) is -0.961. The van der Waals surface area contributed by atoms with Crippen molar-refractivity contribution in [2.24, 2.45) is 0 Å². The number of unbranched alkanes of at least 4 members (excludes halogenated alkanes) is 22. The van der Waals surface area contributed by atoms with Gasteiger partial charge in [-0.15, -0.1) is 0 Å². The van der Waals surface area contributed by atoms with E-state index < -0.39 is 0 Å². The van der Waals surface area contributed by atoms with Gasteiger partial charge >= 0.3 is 17.9 Å². The van der Waals surface area contributed by atoms with Crippen molar-refractivity contribution in [1.82, 2.24) is 9.80 Å². The first-order valence-corrected chi connectivity index (χ1v) is 25.0. The molecule has 0 bridgehead atoms. The molecule has 0 aliphatic heterocycles. The zero-order valence-corrected chi connectivity index (χ0v) is 40.2. The highest BCUT2D eigenvalue weighted by atomic mass is 16.6. The molecule has 0 saturated carbocycles. The average Bonchev–Trinajstić information content (AvgIpc) is 3.25. The Bertz CT molecular complexity index is 883. The summed E-state index contributed by atoms with van der Waals surface area (Å²) in [5, 5.41) is 0. The molecule has 0 aromatic carbocycles. The van der Waals surface area contributed by atoms with E-state index in [9.17, 15) is 14.4 Å². The number of ether oxygens (including phenoxy) is 7. The molecule has 0 saturated heterocycles. The van der Waals surface area contributed by atoms with Crippen LogP contribution in [0.4, 0.5) is 0 Å². The van der Waals surface area contributed by atoms with Crippen molar-refractivity contribution < 1.29 is 47.5 Å². The van der Waals surface area contributed by atoms with Crippen molar-refractivity contribution in [2.75, 3.05) is 113 Å². The van der Waals surface area contributed by atoms with Crippen LogP contribution in [0.3, 0.4) is 0 Å². The maximum Gasteiger partial charge on any atom is 0.308 e. The lowest BCUT2D eigenvalue weighted by molar-refractivity contribution is -0.148. The van der Waals surface area contributed by atoms with E-state index in [-0.39, 0.29) is 63.6 Å². The van der Waals surface area contributed by atoms with E-state index in [4.69, 9.17) is 33.2 Å². The Balaban J connectivity index is 4.79. The highest BCUT2D eigenvalue weighted by Crippen LogP contribution is 2.14. The maximum absolute atomic E-state index is 12.9. The Morgan fingerprint density at radius 1 is 0.311 bits per heavy atom. The van der Waals surface area contributed by atoms with Crippen molar-refractivity contribution in [3.8, 4) is 0 Å². The number of hydrogen-bond acceptors (Lipinski definition) is 12. The first kappa shape index (κ1) is 59.2. The van der Waals surface area contributed by atoms with Crippen LogP contribution in [0.1, 0.15) is 187 Å². The Morgan fingerprint density at radius 2 is 0.607 bits per heavy atom. The molecule has 0 atom stereocenters. The standard InChI is InChI=1S/C49H96N2O10/c1-5-7-9-11-13-15-17-19-21-23-25-27-32-50(33-28-26-24-22-20-18-16-14-12-10-8-6-2)35-40-59-47(52)29-34-51(36-41-60-48(53)30-38-57-45-43-55-3)37-42-61-49(54)31-39-58-46-44-56-4/h5-46H2,1-4H3. The van der Waals surface area contributed by atoms with Crippen LogP contribution in [-0.2, 0) is 47.5 Å². The number of carbonyl (C=O) groups excluding carboxylic acids is 3. The average molecular weight is 873 g/mol. The smallest absolute Gasteiger partial charge is 0.308 e. The fourth-order valence-electron chi connectivity index (χ4n) is 7.15. The molecule has 0 radical (unpaired) electrons. The van der Waals surface area contributed by atoms with Gasteiger partial charge in [-0.25, -0.2) is 0 Å². The van der Waals surface area contributed by atoms with E-state index in [2.05, 4.69) is 18.7 Å². The summed E-state index contributed by atoms with van der Waals surface area (Å²) in [6, 6.07) is 0. The van der Waals surface area contributed by atoms with Gasteiger partial charge in [0.15, 0.2) is 0 Å². The van der Waals surface area contributed by atoms with Gasteiger partial charge in [-0.3, -0.25) is 24.2 Å². The van der Waals surface area contributed by atoms with Crippen molar-refractivity contribution in [1.29, 1.82) is 0 Å². The zero-order chi connectivity index (χ0) is 44.5. The van der Waals surface area contributed by atoms with Gasteiger partial charge in [-0.2, -0.15) is 0 Å². The van der Waals surface area contributed by atoms with Crippen molar-refractivity contribution in [3.05, 3.63) is 0 Å². The molecular weight excluding hydrogens is 777 g/mol. The van der Waals surface area contributed by atoms with Crippen LogP contribution in [0.5, 0.6) is 0 Å². The highest BCUT2D eigenvalue weighted by molar-refractivity contribution is 5.70. The largest absolute Gasteiger partial charge is 0.464 e. The summed E-state index contributed by atoms with van der Waals surface area (Å²) in [4.78, 5) is 41.8. The summed E-state index contributed by atoms with van der Waals surface area (Å²) in [5.41, 5.74) is 0. The lowest BCUT2D eigenvalue weighted by atomic mass is 10.0. The van der Waals surface area contributed by atoms with Gasteiger partial charge in [-0.1, -0.05) is 155 Å². The van der Waals surface area contributed by atoms with Crippen molar-refractivity contribution in [3.63, 3.8) is 0 Å². The number of esters is 3. The Labute approximate surface area is 374 Å². The minimum atomic E-state index is -0.353. The first-order chi connectivity index (χ1) is 30.0. The molecule has 0 aromatic heterocycles. The molecule has 0 aromatic rings. The number of rotatable bonds is 50. The molecule has 12 heteroatoms. The van der Waals surface area contributed by atoms with Crippen LogP contribution in [0.15, 0.2) is 0 Å². The minimum absolute atomic E-state index is 0.149. The van der Waals surface area contributed by atoms with Crippen LogP contribution in [-0.4, -0.2) is 141 Å². The summed E-state index contributed by atoms with van der Waals surface area (Å²) in [6.07, 6.45) is 32.7. The lowest BCUT2D eigenvalue weighted by Gasteiger charge is -2.23. The SMILES string of the molecule is CCCCCCCCCCCCCCN(CCCCCCCCCCCCCC)CCOC(=O)CCN(CCOC(=O)CCOCCOC)CCOC(=O)CCOCCOC. The van der Waals surface area contributed by atoms with Crippen LogP contribution in [0.2, 0.25) is 0 Å². The summed E-state index contributed by atoms with van der Waals surface area (Å²) in [6.45, 7) is 11.6. The van der Waals surface area contributed by atoms with Crippen molar-refractivity contribution >= 4 is 17.9 Å². The second kappa shape index (κ2) is 49.2. The third kappa shape index (κ3) is 46.0. The molecule has 61 heavy (non-hydrogen) atoms. The number of carbonyl (C=O) groups is 3. The molecule has 0 heterocycles. The fraction of sp³-hybridized carbons (Fsp3) is 0.939. The molecule has 0 aliphatic carbocycles. The molecule has 0 fully saturated rings. The predicted octanol–water partition coefficient (Wildman–Crippen LogP) is 10.1. The molecule has 0 aliphatic rings. The van der Waals surface area contributed by atoms with Crippen LogP contribution < -0.4 is 0 Å². The molecule has 0 N–H and O–H groups in total. The highest BCUT2D eigenvalue weighted by Gasteiger charge is 2.14. The predicted molar refractivity (Wildman–Crippen MR) is 247 cm³/mol. The number of methoxy groups -OCH3 is 2. The maximum atomic E-state index is 12.9. The van der Waals surface area contributed by atoms with Gasteiger partial charge < -0.3 is 33.2 Å². The van der Waals surface area contributed by atoms with Gasteiger partial charge in [0.25, 0.3) is 0 Å². The minimum Gasteiger partial charge on any atom is -0.464 e. The van der Waals surface area contributed by atoms with E-state index in [1.54, 1.807) is 14.2 Å². The lowest BCUT2D eigenvalue weighted by Crippen LogP contribution is -2.35. The van der Waals surface area contributed by atoms with E-state index in [0.717, 1.165) is 19.6 Å². The summed E-state index contributed by atoms with van der Waals surface area (Å²) in [7, 11) is 3.19. The Kier molecular flexibility index (Phi) is 47.7. The molecular formula is C49H96N2O10. The van der Waals surface area contributed by atoms with E-state index in [1.165, 1.54) is 154 Å². The van der Waals surface area contributed by atoms with Crippen LogP contribution in [0.25, 0.3) is 0 Å². The van der Waals surface area contributed by atoms with Crippen LogP contribution in [0, 0.1) is 0 Å². The number of nitrogens with zero attached hydrogens (tertiary/aromatic N) is 2. The summed E-state index contributed by atoms with van der Waals surface area (Å²) < 4.78 is 37.2. The normalized spacial score (nSPS) is 11.5. The van der Waals surface area contributed by atoms with Gasteiger partial charge in [0.1, 0.15) is 19.8 Å². The second-order valence-corrected chi connectivity index (χ2v) is 16.6. The monoisotopic (exact) mass is 873 g/mol. The topological polar surface area (TPSA) is 122 Å². The van der Waals surface area contributed by atoms with Gasteiger partial charge in [-0.05, 0) is 25.9 Å². The fourth-order valence-corrected chi connectivity index (χ4v) is 7.15. The quantitative estimate of drug-likeness (QED) is 0.0329. The molecule has 0 spiro atoms. The molecule has 12 nitrogen and oxygen atoms in total. The van der Waals surface area contributed by atoms with Gasteiger partial charge in [0, 0.05) is 40.4 Å². The van der Waals surface area contributed by atoms with E-state index in [0.29, 0.717) is 52.7 Å². The first-order valence-electron chi connectivity index (χ1n) is 25.0. The van der Waals surface area contributed by atoms with E-state index >= 15 is 0 Å². The molecule has 0 amide bonds. The molecule has 0 rings (SSSR count). The van der Waals surface area contributed by atoms with Crippen LogP contribution >= 0.6 is 0 Å². The Hall–Kier alpha value is -1.83. The molecule has 0 unspecified atom stereocenters. The number of hydrogen-bond donors (Lipinski definition) is 0. The Morgan fingerprint density at radius 3 is 0.934 bits per heavy atom. The van der Waals surface area contributed by atoms with Crippen molar-refractivity contribution in [2.45, 2.75) is 187 Å². The van der Waals surface area contributed by atoms with E-state index in [1.807, 2.05) is 4.90 Å². The second-order valence-electron chi connectivity index (χ2n) is 16.6. The third-order valence-corrected chi connectivity index (χ3v) is 11.1. The summed E-state index contributed by atoms with van der Waals surface area (Å²) >= 11 is 0.